The number of nitrogens with zero attached hydrogens (tertiary/aromatic N) is 3. The molecule has 4 rings (SSSR count). The van der Waals surface area contributed by atoms with Crippen molar-refractivity contribution in [3.05, 3.63) is 16.1 Å². The summed E-state index contributed by atoms with van der Waals surface area (Å²) < 4.78 is 12.3. The first kappa shape index (κ1) is 16.9. The van der Waals surface area contributed by atoms with E-state index in [0.717, 1.165) is 44.3 Å². The van der Waals surface area contributed by atoms with Gasteiger partial charge in [-0.25, -0.2) is 4.98 Å². The van der Waals surface area contributed by atoms with Gasteiger partial charge in [-0.3, -0.25) is 4.90 Å². The first-order valence-electron chi connectivity index (χ1n) is 9.40. The summed E-state index contributed by atoms with van der Waals surface area (Å²) in [6.45, 7) is 9.28. The normalized spacial score (nSPS) is 31.6. The van der Waals surface area contributed by atoms with Crippen LogP contribution in [0.2, 0.25) is 0 Å². The Balaban J connectivity index is 1.29. The van der Waals surface area contributed by atoms with Gasteiger partial charge in [0.1, 0.15) is 0 Å². The van der Waals surface area contributed by atoms with Crippen molar-refractivity contribution >= 4 is 11.3 Å². The Kier molecular flexibility index (Phi) is 5.49. The van der Waals surface area contributed by atoms with E-state index in [1.54, 1.807) is 11.3 Å². The van der Waals surface area contributed by atoms with Gasteiger partial charge in [0.15, 0.2) is 0 Å². The number of morpholine rings is 1. The highest BCUT2D eigenvalue weighted by molar-refractivity contribution is 7.09. The summed E-state index contributed by atoms with van der Waals surface area (Å²) >= 11 is 1.74. The van der Waals surface area contributed by atoms with Crippen LogP contribution in [0.4, 0.5) is 0 Å². The monoisotopic (exact) mass is 351 g/mol. The van der Waals surface area contributed by atoms with Gasteiger partial charge >= 0.3 is 0 Å². The molecule has 0 bridgehead atoms. The third-order valence-electron chi connectivity index (χ3n) is 5.62. The summed E-state index contributed by atoms with van der Waals surface area (Å²) in [5.41, 5.74) is 1.21. The van der Waals surface area contributed by atoms with Crippen molar-refractivity contribution in [2.45, 2.75) is 57.4 Å². The molecule has 1 aliphatic carbocycles. The predicted molar refractivity (Wildman–Crippen MR) is 95.4 cm³/mol. The van der Waals surface area contributed by atoms with Crippen LogP contribution in [-0.2, 0) is 16.0 Å². The molecule has 3 atom stereocenters. The third-order valence-corrected chi connectivity index (χ3v) is 6.44. The van der Waals surface area contributed by atoms with E-state index in [9.17, 15) is 0 Å². The maximum absolute atomic E-state index is 6.23. The fraction of sp³-hybridized carbons (Fsp3) is 0.833. The molecule has 0 unspecified atom stereocenters. The second-order valence-corrected chi connectivity index (χ2v) is 8.33. The largest absolute Gasteiger partial charge is 0.374 e. The average Bonchev–Trinajstić information content (AvgIpc) is 3.30. The van der Waals surface area contributed by atoms with E-state index in [0.29, 0.717) is 6.04 Å². The lowest BCUT2D eigenvalue weighted by molar-refractivity contribution is -0.116. The molecular weight excluding hydrogens is 322 g/mol. The standard InChI is InChI=1S/C18H29N3O2S/c1-14-19-15(13-24-14)12-21-9-11-23-18-16(21)4-5-17(18)22-10-8-20-6-2-3-7-20/h13,16-18H,2-12H2,1H3/t16-,17+,18+/m0/s1. The maximum Gasteiger partial charge on any atom is 0.0992 e. The Morgan fingerprint density at radius 3 is 2.96 bits per heavy atom. The summed E-state index contributed by atoms with van der Waals surface area (Å²) in [5.74, 6) is 0. The van der Waals surface area contributed by atoms with Crippen molar-refractivity contribution < 1.29 is 9.47 Å². The molecule has 134 valence electrons. The lowest BCUT2D eigenvalue weighted by Crippen LogP contribution is -2.51. The highest BCUT2D eigenvalue weighted by Gasteiger charge is 2.43. The summed E-state index contributed by atoms with van der Waals surface area (Å²) in [5, 5.41) is 3.35. The van der Waals surface area contributed by atoms with Gasteiger partial charge in [-0.2, -0.15) is 0 Å². The van der Waals surface area contributed by atoms with E-state index >= 15 is 0 Å². The lowest BCUT2D eigenvalue weighted by Gasteiger charge is -2.38. The Labute approximate surface area is 148 Å². The smallest absolute Gasteiger partial charge is 0.0992 e. The van der Waals surface area contributed by atoms with Gasteiger partial charge in [0, 0.05) is 31.1 Å². The minimum absolute atomic E-state index is 0.247. The molecule has 0 radical (unpaired) electrons. The van der Waals surface area contributed by atoms with Crippen LogP contribution >= 0.6 is 11.3 Å². The van der Waals surface area contributed by atoms with Gasteiger partial charge in [0.25, 0.3) is 0 Å². The number of aryl methyl sites for hydroxylation is 1. The molecule has 3 heterocycles. The van der Waals surface area contributed by atoms with Crippen LogP contribution in [-0.4, -0.2) is 72.4 Å². The minimum Gasteiger partial charge on any atom is -0.374 e. The first-order chi connectivity index (χ1) is 11.8. The number of fused-ring (bicyclic) bond motifs is 1. The molecule has 3 aliphatic rings. The van der Waals surface area contributed by atoms with Crippen LogP contribution < -0.4 is 0 Å². The molecule has 0 aromatic carbocycles. The highest BCUT2D eigenvalue weighted by atomic mass is 32.1. The molecule has 0 amide bonds. The number of aromatic nitrogens is 1. The lowest BCUT2D eigenvalue weighted by atomic mass is 10.1. The van der Waals surface area contributed by atoms with Gasteiger partial charge in [-0.05, 0) is 45.7 Å². The van der Waals surface area contributed by atoms with E-state index < -0.39 is 0 Å². The van der Waals surface area contributed by atoms with Gasteiger partial charge in [0.05, 0.1) is 36.1 Å². The van der Waals surface area contributed by atoms with Gasteiger partial charge < -0.3 is 14.4 Å². The summed E-state index contributed by atoms with van der Waals surface area (Å²) in [7, 11) is 0. The second kappa shape index (κ2) is 7.79. The zero-order valence-corrected chi connectivity index (χ0v) is 15.5. The van der Waals surface area contributed by atoms with Crippen LogP contribution in [0.3, 0.4) is 0 Å². The molecule has 0 spiro atoms. The number of thiazole rings is 1. The fourth-order valence-electron chi connectivity index (χ4n) is 4.39. The molecule has 1 aromatic heterocycles. The number of ether oxygens (including phenoxy) is 2. The number of hydrogen-bond donors (Lipinski definition) is 0. The Morgan fingerprint density at radius 1 is 1.29 bits per heavy atom. The van der Waals surface area contributed by atoms with Crippen molar-refractivity contribution in [1.29, 1.82) is 0 Å². The van der Waals surface area contributed by atoms with Crippen molar-refractivity contribution in [3.8, 4) is 0 Å². The second-order valence-electron chi connectivity index (χ2n) is 7.27. The molecule has 1 aromatic rings. The molecule has 5 nitrogen and oxygen atoms in total. The molecule has 3 fully saturated rings. The Bertz CT molecular complexity index is 532. The fourth-order valence-corrected chi connectivity index (χ4v) is 5.00. The molecule has 0 N–H and O–H groups in total. The minimum atomic E-state index is 0.247. The van der Waals surface area contributed by atoms with Crippen LogP contribution in [0.1, 0.15) is 36.4 Å². The number of hydrogen-bond acceptors (Lipinski definition) is 6. The van der Waals surface area contributed by atoms with Crippen LogP contribution in [0.15, 0.2) is 5.38 Å². The highest BCUT2D eigenvalue weighted by Crippen LogP contribution is 2.33. The molecule has 2 saturated heterocycles. The summed E-state index contributed by atoms with van der Waals surface area (Å²) in [6, 6.07) is 0.498. The van der Waals surface area contributed by atoms with E-state index in [4.69, 9.17) is 9.47 Å². The van der Waals surface area contributed by atoms with E-state index in [2.05, 4.69) is 27.1 Å². The molecule has 6 heteroatoms. The maximum atomic E-state index is 6.23. The van der Waals surface area contributed by atoms with Crippen LogP contribution in [0, 0.1) is 6.92 Å². The molecule has 24 heavy (non-hydrogen) atoms. The Hall–Kier alpha value is -0.530. The van der Waals surface area contributed by atoms with Gasteiger partial charge in [-0.15, -0.1) is 11.3 Å². The van der Waals surface area contributed by atoms with Crippen molar-refractivity contribution in [2.24, 2.45) is 0 Å². The third kappa shape index (κ3) is 3.83. The summed E-state index contributed by atoms with van der Waals surface area (Å²) in [6.07, 6.45) is 5.53. The van der Waals surface area contributed by atoms with E-state index in [1.165, 1.54) is 38.0 Å². The van der Waals surface area contributed by atoms with Gasteiger partial charge in [-0.1, -0.05) is 0 Å². The zero-order chi connectivity index (χ0) is 16.4. The van der Waals surface area contributed by atoms with Crippen LogP contribution in [0.25, 0.3) is 0 Å². The Morgan fingerprint density at radius 2 is 2.17 bits per heavy atom. The molecular formula is C18H29N3O2S. The SMILES string of the molecule is Cc1nc(CN2CCO[C@H]3[C@H](OCCN4CCCC4)CC[C@@H]32)cs1. The van der Waals surface area contributed by atoms with Crippen molar-refractivity contribution in [3.63, 3.8) is 0 Å². The molecule has 1 saturated carbocycles. The first-order valence-corrected chi connectivity index (χ1v) is 10.3. The van der Waals surface area contributed by atoms with E-state index in [-0.39, 0.29) is 12.2 Å². The average molecular weight is 352 g/mol. The topological polar surface area (TPSA) is 37.8 Å². The number of rotatable bonds is 6. The van der Waals surface area contributed by atoms with Crippen molar-refractivity contribution in [1.82, 2.24) is 14.8 Å². The van der Waals surface area contributed by atoms with Crippen molar-refractivity contribution in [2.75, 3.05) is 39.4 Å². The van der Waals surface area contributed by atoms with Gasteiger partial charge in [0.2, 0.25) is 0 Å². The predicted octanol–water partition coefficient (Wildman–Crippen LogP) is 2.30. The van der Waals surface area contributed by atoms with Crippen LogP contribution in [0.5, 0.6) is 0 Å². The summed E-state index contributed by atoms with van der Waals surface area (Å²) in [4.78, 5) is 9.71. The zero-order valence-electron chi connectivity index (χ0n) is 14.7. The molecule has 2 aliphatic heterocycles. The quantitative estimate of drug-likeness (QED) is 0.786. The number of likely N-dealkylation sites (tertiary alicyclic amines) is 1. The van der Waals surface area contributed by atoms with E-state index in [1.807, 2.05) is 0 Å².